The Morgan fingerprint density at radius 1 is 0.607 bits per heavy atom. The summed E-state index contributed by atoms with van der Waals surface area (Å²) >= 11 is 0. The molecule has 0 heterocycles. The molecular formula is C26H47NO. The topological polar surface area (TPSA) is 35.2 Å². The van der Waals surface area contributed by atoms with E-state index in [0.717, 1.165) is 5.75 Å². The first-order valence-corrected chi connectivity index (χ1v) is 12.3. The van der Waals surface area contributed by atoms with Crippen molar-refractivity contribution in [2.75, 3.05) is 13.2 Å². The highest BCUT2D eigenvalue weighted by molar-refractivity contribution is 5.27. The van der Waals surface area contributed by atoms with Gasteiger partial charge < -0.3 is 10.5 Å². The average Bonchev–Trinajstić information content (AvgIpc) is 2.73. The first-order valence-electron chi connectivity index (χ1n) is 12.3. The van der Waals surface area contributed by atoms with E-state index < -0.39 is 0 Å². The van der Waals surface area contributed by atoms with Gasteiger partial charge in [-0.15, -0.1) is 0 Å². The van der Waals surface area contributed by atoms with E-state index in [1.54, 1.807) is 0 Å². The van der Waals surface area contributed by atoms with E-state index in [1.165, 1.54) is 115 Å². The van der Waals surface area contributed by atoms with Crippen LogP contribution >= 0.6 is 0 Å². The van der Waals surface area contributed by atoms with Gasteiger partial charge in [-0.3, -0.25) is 0 Å². The number of rotatable bonds is 20. The maximum Gasteiger partial charge on any atom is 0.119 e. The molecule has 0 fully saturated rings. The normalized spacial score (nSPS) is 11.1. The van der Waals surface area contributed by atoms with E-state index in [-0.39, 0.29) is 0 Å². The highest BCUT2D eigenvalue weighted by Crippen LogP contribution is 2.16. The Balaban J connectivity index is 1.80. The molecule has 1 aromatic rings. The molecule has 0 aliphatic carbocycles. The largest absolute Gasteiger partial charge is 0.492 e. The minimum atomic E-state index is 0.570. The highest BCUT2D eigenvalue weighted by Gasteiger charge is 1.97. The van der Waals surface area contributed by atoms with Gasteiger partial charge in [0, 0.05) is 6.54 Å². The average molecular weight is 390 g/mol. The summed E-state index contributed by atoms with van der Waals surface area (Å²) in [6.07, 6.45) is 24.0. The monoisotopic (exact) mass is 389 g/mol. The summed E-state index contributed by atoms with van der Waals surface area (Å²) in [6, 6.07) is 8.52. The van der Waals surface area contributed by atoms with Crippen LogP contribution in [0, 0.1) is 0 Å². The van der Waals surface area contributed by atoms with Crippen LogP contribution in [0.2, 0.25) is 0 Å². The molecular weight excluding hydrogens is 342 g/mol. The Morgan fingerprint density at radius 3 is 1.46 bits per heavy atom. The molecule has 0 atom stereocenters. The fraction of sp³-hybridized carbons (Fsp3) is 0.769. The molecule has 2 nitrogen and oxygen atoms in total. The van der Waals surface area contributed by atoms with Gasteiger partial charge in [0.05, 0.1) is 0 Å². The van der Waals surface area contributed by atoms with Crippen LogP contribution in [0.15, 0.2) is 24.3 Å². The number of aryl methyl sites for hydroxylation is 1. The lowest BCUT2D eigenvalue weighted by molar-refractivity contribution is 0.328. The Hall–Kier alpha value is -1.02. The predicted molar refractivity (Wildman–Crippen MR) is 124 cm³/mol. The molecule has 0 saturated heterocycles. The molecule has 0 bridgehead atoms. The van der Waals surface area contributed by atoms with Crippen LogP contribution in [0.5, 0.6) is 5.75 Å². The van der Waals surface area contributed by atoms with Gasteiger partial charge >= 0.3 is 0 Å². The molecule has 1 rings (SSSR count). The third kappa shape index (κ3) is 15.0. The van der Waals surface area contributed by atoms with Crippen molar-refractivity contribution in [3.05, 3.63) is 29.8 Å². The molecule has 0 saturated carbocycles. The molecule has 0 unspecified atom stereocenters. The second-order valence-corrected chi connectivity index (χ2v) is 8.33. The smallest absolute Gasteiger partial charge is 0.119 e. The van der Waals surface area contributed by atoms with E-state index >= 15 is 0 Å². The van der Waals surface area contributed by atoms with Crippen LogP contribution in [0.4, 0.5) is 0 Å². The van der Waals surface area contributed by atoms with Crippen molar-refractivity contribution < 1.29 is 4.74 Å². The summed E-state index contributed by atoms with van der Waals surface area (Å²) in [6.45, 7) is 3.46. The van der Waals surface area contributed by atoms with Crippen molar-refractivity contribution in [3.8, 4) is 5.75 Å². The zero-order chi connectivity index (χ0) is 20.1. The molecule has 0 aromatic heterocycles. The van der Waals surface area contributed by atoms with Crippen LogP contribution in [0.25, 0.3) is 0 Å². The zero-order valence-corrected chi connectivity index (χ0v) is 18.7. The van der Waals surface area contributed by atoms with Crippen molar-refractivity contribution in [3.63, 3.8) is 0 Å². The summed E-state index contributed by atoms with van der Waals surface area (Å²) in [5, 5.41) is 0. The summed E-state index contributed by atoms with van der Waals surface area (Å²) in [5.41, 5.74) is 6.88. The van der Waals surface area contributed by atoms with Gasteiger partial charge in [0.15, 0.2) is 0 Å². The Labute approximate surface area is 175 Å². The Bertz CT molecular complexity index is 429. The van der Waals surface area contributed by atoms with Gasteiger partial charge in [-0.1, -0.05) is 115 Å². The van der Waals surface area contributed by atoms with Crippen molar-refractivity contribution in [2.24, 2.45) is 5.73 Å². The number of unbranched alkanes of at least 4 members (excludes halogenated alkanes) is 15. The third-order valence-corrected chi connectivity index (χ3v) is 5.63. The summed E-state index contributed by atoms with van der Waals surface area (Å²) in [7, 11) is 0. The van der Waals surface area contributed by atoms with Gasteiger partial charge in [-0.2, -0.15) is 0 Å². The molecule has 2 heteroatoms. The zero-order valence-electron chi connectivity index (χ0n) is 18.7. The fourth-order valence-electron chi connectivity index (χ4n) is 3.81. The van der Waals surface area contributed by atoms with E-state index in [0.29, 0.717) is 13.2 Å². The van der Waals surface area contributed by atoms with Crippen molar-refractivity contribution in [2.45, 2.75) is 116 Å². The van der Waals surface area contributed by atoms with E-state index in [2.05, 4.69) is 31.2 Å². The minimum absolute atomic E-state index is 0.570. The lowest BCUT2D eigenvalue weighted by Crippen LogP contribution is -2.10. The predicted octanol–water partition coefficient (Wildman–Crippen LogP) is 7.83. The maximum absolute atomic E-state index is 5.52. The van der Waals surface area contributed by atoms with E-state index in [4.69, 9.17) is 10.5 Å². The van der Waals surface area contributed by atoms with Crippen LogP contribution in [0.3, 0.4) is 0 Å². The fourth-order valence-corrected chi connectivity index (χ4v) is 3.81. The van der Waals surface area contributed by atoms with Gasteiger partial charge in [-0.25, -0.2) is 0 Å². The molecule has 0 spiro atoms. The van der Waals surface area contributed by atoms with E-state index in [9.17, 15) is 0 Å². The SMILES string of the molecule is CCCCCCCCCCCCCCCCCCc1ccc(OCCN)cc1. The van der Waals surface area contributed by atoms with Gasteiger partial charge in [0.25, 0.3) is 0 Å². The highest BCUT2D eigenvalue weighted by atomic mass is 16.5. The lowest BCUT2D eigenvalue weighted by Gasteiger charge is -2.06. The number of ether oxygens (including phenoxy) is 1. The Kier molecular flexibility index (Phi) is 17.2. The van der Waals surface area contributed by atoms with Crippen molar-refractivity contribution in [1.82, 2.24) is 0 Å². The second-order valence-electron chi connectivity index (χ2n) is 8.33. The van der Waals surface area contributed by atoms with Gasteiger partial charge in [0.1, 0.15) is 12.4 Å². The molecule has 0 aliphatic heterocycles. The van der Waals surface area contributed by atoms with Crippen molar-refractivity contribution >= 4 is 0 Å². The van der Waals surface area contributed by atoms with Crippen LogP contribution < -0.4 is 10.5 Å². The molecule has 1 aromatic carbocycles. The Morgan fingerprint density at radius 2 is 1.04 bits per heavy atom. The van der Waals surface area contributed by atoms with Crippen molar-refractivity contribution in [1.29, 1.82) is 0 Å². The number of benzene rings is 1. The van der Waals surface area contributed by atoms with Gasteiger partial charge in [0.2, 0.25) is 0 Å². The summed E-state index contributed by atoms with van der Waals surface area (Å²) < 4.78 is 5.52. The maximum atomic E-state index is 5.52. The molecule has 0 radical (unpaired) electrons. The number of hydrogen-bond acceptors (Lipinski definition) is 2. The summed E-state index contributed by atoms with van der Waals surface area (Å²) in [4.78, 5) is 0. The first-order chi connectivity index (χ1) is 13.9. The molecule has 2 N–H and O–H groups in total. The molecule has 0 amide bonds. The minimum Gasteiger partial charge on any atom is -0.492 e. The quantitative estimate of drug-likeness (QED) is 0.231. The first kappa shape index (κ1) is 25.0. The lowest BCUT2D eigenvalue weighted by atomic mass is 10.0. The second kappa shape index (κ2) is 19.3. The summed E-state index contributed by atoms with van der Waals surface area (Å²) in [5.74, 6) is 0.932. The van der Waals surface area contributed by atoms with E-state index in [1.807, 2.05) is 0 Å². The third-order valence-electron chi connectivity index (χ3n) is 5.63. The molecule has 162 valence electrons. The van der Waals surface area contributed by atoms with Gasteiger partial charge in [-0.05, 0) is 30.5 Å². The molecule has 0 aliphatic rings. The van der Waals surface area contributed by atoms with Crippen LogP contribution in [-0.2, 0) is 6.42 Å². The molecule has 28 heavy (non-hydrogen) atoms. The van der Waals surface area contributed by atoms with Crippen LogP contribution in [-0.4, -0.2) is 13.2 Å². The van der Waals surface area contributed by atoms with Crippen LogP contribution in [0.1, 0.15) is 115 Å². The standard InChI is InChI=1S/C26H47NO/c1-2-3-4-5-6-7-8-9-10-11-12-13-14-15-16-17-18-25-19-21-26(22-20-25)28-24-23-27/h19-22H,2-18,23-24,27H2,1H3. The number of nitrogens with two attached hydrogens (primary N) is 1. The number of hydrogen-bond donors (Lipinski definition) is 1.